The molecule has 0 saturated carbocycles. The van der Waals surface area contributed by atoms with E-state index in [4.69, 9.17) is 10.5 Å². The third-order valence-electron chi connectivity index (χ3n) is 3.60. The normalized spacial score (nSPS) is 17.9. The molecule has 1 heterocycles. The predicted molar refractivity (Wildman–Crippen MR) is 81.6 cm³/mol. The summed E-state index contributed by atoms with van der Waals surface area (Å²) in [5, 5.41) is 0. The van der Waals surface area contributed by atoms with Crippen LogP contribution in [0.1, 0.15) is 44.0 Å². The SMILES string of the molecule is CC1CN(C(C)C)c2cc(C(=O)CCCN)ccc2O1. The van der Waals surface area contributed by atoms with E-state index in [2.05, 4.69) is 25.7 Å². The van der Waals surface area contributed by atoms with Crippen LogP contribution >= 0.6 is 0 Å². The number of benzene rings is 1. The van der Waals surface area contributed by atoms with Crippen LogP contribution in [-0.4, -0.2) is 31.0 Å². The molecule has 2 N–H and O–H groups in total. The highest BCUT2D eigenvalue weighted by Crippen LogP contribution is 2.35. The Balaban J connectivity index is 2.28. The molecule has 1 unspecified atom stereocenters. The average Bonchev–Trinajstić information content (AvgIpc) is 2.43. The Morgan fingerprint density at radius 3 is 2.90 bits per heavy atom. The minimum Gasteiger partial charge on any atom is -0.487 e. The van der Waals surface area contributed by atoms with Gasteiger partial charge < -0.3 is 15.4 Å². The number of ether oxygens (including phenoxy) is 1. The second kappa shape index (κ2) is 6.27. The first-order valence-electron chi connectivity index (χ1n) is 7.33. The molecule has 0 radical (unpaired) electrons. The Kier molecular flexibility index (Phi) is 4.65. The van der Waals surface area contributed by atoms with Crippen LogP contribution in [0.3, 0.4) is 0 Å². The van der Waals surface area contributed by atoms with E-state index in [1.807, 2.05) is 18.2 Å². The van der Waals surface area contributed by atoms with Gasteiger partial charge in [-0.1, -0.05) is 0 Å². The van der Waals surface area contributed by atoms with Gasteiger partial charge in [0, 0.05) is 18.0 Å². The molecule has 0 aromatic heterocycles. The number of carbonyl (C=O) groups is 1. The number of Topliss-reactive ketones (excluding diaryl/α,β-unsaturated/α-hetero) is 1. The van der Waals surface area contributed by atoms with Crippen molar-refractivity contribution in [1.29, 1.82) is 0 Å². The molecule has 4 heteroatoms. The van der Waals surface area contributed by atoms with Crippen molar-refractivity contribution in [1.82, 2.24) is 0 Å². The number of anilines is 1. The quantitative estimate of drug-likeness (QED) is 0.840. The zero-order chi connectivity index (χ0) is 14.7. The molecule has 4 nitrogen and oxygen atoms in total. The van der Waals surface area contributed by atoms with Crippen molar-refractivity contribution < 1.29 is 9.53 Å². The topological polar surface area (TPSA) is 55.6 Å². The Hall–Kier alpha value is -1.55. The van der Waals surface area contributed by atoms with E-state index in [-0.39, 0.29) is 11.9 Å². The van der Waals surface area contributed by atoms with Gasteiger partial charge in [0.1, 0.15) is 11.9 Å². The van der Waals surface area contributed by atoms with Gasteiger partial charge in [0.15, 0.2) is 5.78 Å². The first-order chi connectivity index (χ1) is 9.52. The van der Waals surface area contributed by atoms with E-state index in [1.165, 1.54) is 0 Å². The fourth-order valence-corrected chi connectivity index (χ4v) is 2.54. The Morgan fingerprint density at radius 2 is 2.25 bits per heavy atom. The first kappa shape index (κ1) is 14.9. The van der Waals surface area contributed by atoms with Crippen LogP contribution in [0, 0.1) is 0 Å². The van der Waals surface area contributed by atoms with E-state index in [0.29, 0.717) is 19.0 Å². The van der Waals surface area contributed by atoms with Crippen LogP contribution in [0.2, 0.25) is 0 Å². The summed E-state index contributed by atoms with van der Waals surface area (Å²) in [5.74, 6) is 1.02. The Bertz CT molecular complexity index is 485. The number of fused-ring (bicyclic) bond motifs is 1. The number of hydrogen-bond donors (Lipinski definition) is 1. The minimum atomic E-state index is 0.153. The van der Waals surface area contributed by atoms with Crippen LogP contribution < -0.4 is 15.4 Å². The molecular weight excluding hydrogens is 252 g/mol. The molecule has 0 bridgehead atoms. The van der Waals surface area contributed by atoms with Gasteiger partial charge in [-0.2, -0.15) is 0 Å². The number of nitrogens with two attached hydrogens (primary N) is 1. The zero-order valence-corrected chi connectivity index (χ0v) is 12.6. The van der Waals surface area contributed by atoms with Gasteiger partial charge in [0.05, 0.1) is 12.2 Å². The summed E-state index contributed by atoms with van der Waals surface area (Å²) in [6.45, 7) is 7.79. The molecule has 20 heavy (non-hydrogen) atoms. The lowest BCUT2D eigenvalue weighted by atomic mass is 10.0. The largest absolute Gasteiger partial charge is 0.487 e. The molecule has 110 valence electrons. The van der Waals surface area contributed by atoms with Crippen molar-refractivity contribution >= 4 is 11.5 Å². The maximum atomic E-state index is 12.1. The zero-order valence-electron chi connectivity index (χ0n) is 12.6. The lowest BCUT2D eigenvalue weighted by Gasteiger charge is -2.37. The lowest BCUT2D eigenvalue weighted by molar-refractivity contribution is 0.0980. The van der Waals surface area contributed by atoms with Crippen LogP contribution in [-0.2, 0) is 0 Å². The van der Waals surface area contributed by atoms with Crippen LogP contribution in [0.25, 0.3) is 0 Å². The molecule has 0 amide bonds. The number of hydrogen-bond acceptors (Lipinski definition) is 4. The third kappa shape index (κ3) is 3.12. The third-order valence-corrected chi connectivity index (χ3v) is 3.60. The molecule has 1 aromatic carbocycles. The van der Waals surface area contributed by atoms with Gasteiger partial charge in [-0.15, -0.1) is 0 Å². The van der Waals surface area contributed by atoms with Crippen molar-refractivity contribution in [2.45, 2.75) is 45.8 Å². The summed E-state index contributed by atoms with van der Waals surface area (Å²) in [7, 11) is 0. The van der Waals surface area contributed by atoms with Gasteiger partial charge in [-0.25, -0.2) is 0 Å². The highest BCUT2D eigenvalue weighted by atomic mass is 16.5. The van der Waals surface area contributed by atoms with Gasteiger partial charge in [-0.3, -0.25) is 4.79 Å². The second-order valence-corrected chi connectivity index (χ2v) is 5.67. The number of ketones is 1. The van der Waals surface area contributed by atoms with Crippen LogP contribution in [0.4, 0.5) is 5.69 Å². The van der Waals surface area contributed by atoms with Crippen molar-refractivity contribution in [2.75, 3.05) is 18.0 Å². The standard InChI is InChI=1S/C16H24N2O2/c1-11(2)18-10-12(3)20-16-7-6-13(9-14(16)18)15(19)5-4-8-17/h6-7,9,11-12H,4-5,8,10,17H2,1-3H3. The summed E-state index contributed by atoms with van der Waals surface area (Å²) in [6, 6.07) is 6.11. The van der Waals surface area contributed by atoms with Crippen LogP contribution in [0.15, 0.2) is 18.2 Å². The molecule has 0 spiro atoms. The van der Waals surface area contributed by atoms with Gasteiger partial charge >= 0.3 is 0 Å². The number of rotatable bonds is 5. The molecule has 2 rings (SSSR count). The highest BCUT2D eigenvalue weighted by Gasteiger charge is 2.25. The van der Waals surface area contributed by atoms with Crippen molar-refractivity contribution in [2.24, 2.45) is 5.73 Å². The van der Waals surface area contributed by atoms with Crippen LogP contribution in [0.5, 0.6) is 5.75 Å². The molecule has 0 saturated heterocycles. The predicted octanol–water partition coefficient (Wildman–Crippen LogP) is 2.60. The number of carbonyl (C=O) groups excluding carboxylic acids is 1. The monoisotopic (exact) mass is 276 g/mol. The van der Waals surface area contributed by atoms with E-state index in [1.54, 1.807) is 0 Å². The highest BCUT2D eigenvalue weighted by molar-refractivity contribution is 5.97. The average molecular weight is 276 g/mol. The maximum absolute atomic E-state index is 12.1. The van der Waals surface area contributed by atoms with E-state index >= 15 is 0 Å². The lowest BCUT2D eigenvalue weighted by Crippen LogP contribution is -2.42. The van der Waals surface area contributed by atoms with Crippen molar-refractivity contribution in [3.63, 3.8) is 0 Å². The fraction of sp³-hybridized carbons (Fsp3) is 0.562. The molecule has 0 aliphatic carbocycles. The summed E-state index contributed by atoms with van der Waals surface area (Å²) >= 11 is 0. The van der Waals surface area contributed by atoms with Crippen molar-refractivity contribution in [3.05, 3.63) is 23.8 Å². The summed E-state index contributed by atoms with van der Waals surface area (Å²) in [5.41, 5.74) is 7.24. The molecule has 0 fully saturated rings. The van der Waals surface area contributed by atoms with E-state index in [0.717, 1.165) is 30.0 Å². The summed E-state index contributed by atoms with van der Waals surface area (Å²) in [4.78, 5) is 14.4. The summed E-state index contributed by atoms with van der Waals surface area (Å²) < 4.78 is 5.86. The molecule has 1 aliphatic rings. The first-order valence-corrected chi connectivity index (χ1v) is 7.33. The number of nitrogens with zero attached hydrogens (tertiary/aromatic N) is 1. The van der Waals surface area contributed by atoms with E-state index < -0.39 is 0 Å². The minimum absolute atomic E-state index is 0.153. The Labute approximate surface area is 120 Å². The van der Waals surface area contributed by atoms with Gasteiger partial charge in [-0.05, 0) is 51.9 Å². The second-order valence-electron chi connectivity index (χ2n) is 5.67. The van der Waals surface area contributed by atoms with Crippen molar-refractivity contribution in [3.8, 4) is 5.75 Å². The molecule has 1 aromatic rings. The maximum Gasteiger partial charge on any atom is 0.163 e. The van der Waals surface area contributed by atoms with E-state index in [9.17, 15) is 4.79 Å². The molecule has 1 atom stereocenters. The van der Waals surface area contributed by atoms with Gasteiger partial charge in [0.2, 0.25) is 0 Å². The smallest absolute Gasteiger partial charge is 0.163 e. The molecule has 1 aliphatic heterocycles. The van der Waals surface area contributed by atoms with Gasteiger partial charge in [0.25, 0.3) is 0 Å². The Morgan fingerprint density at radius 1 is 1.50 bits per heavy atom. The fourth-order valence-electron chi connectivity index (χ4n) is 2.54. The summed E-state index contributed by atoms with van der Waals surface area (Å²) in [6.07, 6.45) is 1.41. The molecular formula is C16H24N2O2.